The Morgan fingerprint density at radius 3 is 2.79 bits per heavy atom. The Morgan fingerprint density at radius 1 is 1.29 bits per heavy atom. The zero-order valence-electron chi connectivity index (χ0n) is 13.6. The lowest BCUT2D eigenvalue weighted by molar-refractivity contribution is -0.134. The van der Waals surface area contributed by atoms with Crippen molar-refractivity contribution >= 4 is 5.91 Å². The number of likely N-dealkylation sites (tertiary alicyclic amines) is 1. The maximum absolute atomic E-state index is 12.8. The van der Waals surface area contributed by atoms with Gasteiger partial charge in [0.1, 0.15) is 18.4 Å². The molecule has 2 aromatic rings. The average molecular weight is 332 g/mol. The van der Waals surface area contributed by atoms with Gasteiger partial charge in [-0.1, -0.05) is 5.16 Å². The van der Waals surface area contributed by atoms with Crippen LogP contribution in [0.1, 0.15) is 49.3 Å². The molecular weight excluding hydrogens is 312 g/mol. The third-order valence-corrected chi connectivity index (χ3v) is 4.69. The van der Waals surface area contributed by atoms with Gasteiger partial charge in [0.05, 0.1) is 0 Å². The summed E-state index contributed by atoms with van der Waals surface area (Å²) >= 11 is 0. The van der Waals surface area contributed by atoms with Gasteiger partial charge in [0.2, 0.25) is 11.8 Å². The van der Waals surface area contributed by atoms with E-state index in [-0.39, 0.29) is 18.1 Å². The Labute approximate surface area is 138 Å². The Morgan fingerprint density at radius 2 is 2.08 bits per heavy atom. The van der Waals surface area contributed by atoms with Gasteiger partial charge in [-0.15, -0.1) is 0 Å². The molecule has 0 saturated carbocycles. The highest BCUT2D eigenvalue weighted by molar-refractivity contribution is 5.80. The maximum Gasteiger partial charge on any atom is 0.347 e. The van der Waals surface area contributed by atoms with Gasteiger partial charge in [-0.2, -0.15) is 10.1 Å². The van der Waals surface area contributed by atoms with E-state index in [2.05, 4.69) is 15.2 Å². The first-order valence-corrected chi connectivity index (χ1v) is 8.39. The number of carbonyl (C=O) groups is 1. The molecule has 4 heterocycles. The number of carbonyl (C=O) groups excluding carboxylic acids is 1. The minimum Gasteiger partial charge on any atom is -0.341 e. The number of aromatic nitrogens is 5. The van der Waals surface area contributed by atoms with Gasteiger partial charge in [-0.05, 0) is 25.7 Å². The Kier molecular flexibility index (Phi) is 3.70. The second kappa shape index (κ2) is 5.88. The SMILES string of the molecule is Cc1nc(Cn2nc3n(c2=O)C(C(=O)N2CCCC2)CCC3)no1. The van der Waals surface area contributed by atoms with Crippen LogP contribution in [-0.2, 0) is 17.8 Å². The lowest BCUT2D eigenvalue weighted by Crippen LogP contribution is -2.41. The van der Waals surface area contributed by atoms with Crippen LogP contribution in [0, 0.1) is 6.92 Å². The highest BCUT2D eigenvalue weighted by Crippen LogP contribution is 2.25. The normalized spacial score (nSPS) is 20.4. The van der Waals surface area contributed by atoms with E-state index in [1.54, 1.807) is 11.5 Å². The fourth-order valence-electron chi connectivity index (χ4n) is 3.56. The van der Waals surface area contributed by atoms with E-state index in [1.807, 2.05) is 4.90 Å². The molecule has 2 aliphatic heterocycles. The van der Waals surface area contributed by atoms with Crippen LogP contribution in [0.3, 0.4) is 0 Å². The first-order chi connectivity index (χ1) is 11.6. The van der Waals surface area contributed by atoms with Gasteiger partial charge in [0.25, 0.3) is 0 Å². The van der Waals surface area contributed by atoms with Crippen molar-refractivity contribution in [3.8, 4) is 0 Å². The number of nitrogens with zero attached hydrogens (tertiary/aromatic N) is 6. The van der Waals surface area contributed by atoms with Crippen molar-refractivity contribution in [1.82, 2.24) is 29.4 Å². The fourth-order valence-corrected chi connectivity index (χ4v) is 3.56. The van der Waals surface area contributed by atoms with Crippen molar-refractivity contribution in [2.45, 2.75) is 51.6 Å². The highest BCUT2D eigenvalue weighted by Gasteiger charge is 2.34. The zero-order valence-corrected chi connectivity index (χ0v) is 13.6. The summed E-state index contributed by atoms with van der Waals surface area (Å²) in [7, 11) is 0. The molecule has 1 amide bonds. The topological polar surface area (TPSA) is 99.0 Å². The number of fused-ring (bicyclic) bond motifs is 1. The van der Waals surface area contributed by atoms with Crippen molar-refractivity contribution in [3.05, 3.63) is 28.0 Å². The number of amides is 1. The van der Waals surface area contributed by atoms with Crippen LogP contribution < -0.4 is 5.69 Å². The predicted molar refractivity (Wildman–Crippen MR) is 82.4 cm³/mol. The lowest BCUT2D eigenvalue weighted by atomic mass is 10.0. The van der Waals surface area contributed by atoms with Gasteiger partial charge >= 0.3 is 5.69 Å². The van der Waals surface area contributed by atoms with E-state index in [1.165, 1.54) is 4.68 Å². The Balaban J connectivity index is 1.64. The van der Waals surface area contributed by atoms with Crippen molar-refractivity contribution < 1.29 is 9.32 Å². The van der Waals surface area contributed by atoms with Gasteiger partial charge in [-0.25, -0.2) is 9.48 Å². The van der Waals surface area contributed by atoms with Crippen molar-refractivity contribution in [2.24, 2.45) is 0 Å². The molecule has 9 nitrogen and oxygen atoms in total. The van der Waals surface area contributed by atoms with E-state index < -0.39 is 6.04 Å². The summed E-state index contributed by atoms with van der Waals surface area (Å²) in [6, 6.07) is -0.430. The summed E-state index contributed by atoms with van der Waals surface area (Å²) in [5.41, 5.74) is -0.273. The van der Waals surface area contributed by atoms with Crippen LogP contribution in [0.5, 0.6) is 0 Å². The third kappa shape index (κ3) is 2.53. The summed E-state index contributed by atoms with van der Waals surface area (Å²) in [5, 5.41) is 8.19. The molecule has 0 bridgehead atoms. The Hall–Kier alpha value is -2.45. The first-order valence-electron chi connectivity index (χ1n) is 8.39. The summed E-state index contributed by atoms with van der Waals surface area (Å²) in [4.78, 5) is 31.5. The van der Waals surface area contributed by atoms with Crippen molar-refractivity contribution in [1.29, 1.82) is 0 Å². The minimum absolute atomic E-state index is 0.0468. The molecular formula is C15H20N6O3. The summed E-state index contributed by atoms with van der Waals surface area (Å²) in [6.45, 7) is 3.42. The maximum atomic E-state index is 12.8. The second-order valence-electron chi connectivity index (χ2n) is 6.40. The summed E-state index contributed by atoms with van der Waals surface area (Å²) < 4.78 is 7.83. The smallest absolute Gasteiger partial charge is 0.341 e. The van der Waals surface area contributed by atoms with Crippen LogP contribution in [0.2, 0.25) is 0 Å². The molecule has 9 heteroatoms. The molecule has 1 saturated heterocycles. The van der Waals surface area contributed by atoms with Crippen LogP contribution in [0.25, 0.3) is 0 Å². The zero-order chi connectivity index (χ0) is 16.7. The minimum atomic E-state index is -0.430. The quantitative estimate of drug-likeness (QED) is 0.801. The lowest BCUT2D eigenvalue weighted by Gasteiger charge is -2.27. The van der Waals surface area contributed by atoms with Crippen molar-refractivity contribution in [3.63, 3.8) is 0 Å². The summed E-state index contributed by atoms with van der Waals surface area (Å²) in [5.74, 6) is 1.58. The highest BCUT2D eigenvalue weighted by atomic mass is 16.5. The average Bonchev–Trinajstić information content (AvgIpc) is 3.29. The standard InChI is InChI=1S/C15H20N6O3/c1-10-16-12(18-24-10)9-20-15(23)21-11(5-4-6-13(21)17-20)14(22)19-7-2-3-8-19/h11H,2-9H2,1H3. The molecule has 1 fully saturated rings. The van der Waals surface area contributed by atoms with Crippen LogP contribution in [0.4, 0.5) is 0 Å². The molecule has 4 rings (SSSR count). The van der Waals surface area contributed by atoms with Gasteiger partial charge in [-0.3, -0.25) is 9.36 Å². The molecule has 0 aromatic carbocycles. The van der Waals surface area contributed by atoms with E-state index >= 15 is 0 Å². The number of aryl methyl sites for hydroxylation is 2. The van der Waals surface area contributed by atoms with Gasteiger partial charge in [0, 0.05) is 26.4 Å². The third-order valence-electron chi connectivity index (χ3n) is 4.69. The van der Waals surface area contributed by atoms with E-state index in [0.29, 0.717) is 30.4 Å². The molecule has 128 valence electrons. The van der Waals surface area contributed by atoms with E-state index in [4.69, 9.17) is 4.52 Å². The number of hydrogen-bond acceptors (Lipinski definition) is 6. The molecule has 1 atom stereocenters. The molecule has 0 radical (unpaired) electrons. The largest absolute Gasteiger partial charge is 0.347 e. The molecule has 2 aliphatic rings. The number of hydrogen-bond donors (Lipinski definition) is 0. The van der Waals surface area contributed by atoms with Crippen LogP contribution in [0.15, 0.2) is 9.32 Å². The van der Waals surface area contributed by atoms with E-state index in [0.717, 1.165) is 32.4 Å². The second-order valence-corrected chi connectivity index (χ2v) is 6.40. The fraction of sp³-hybridized carbons (Fsp3) is 0.667. The molecule has 2 aromatic heterocycles. The predicted octanol–water partition coefficient (Wildman–Crippen LogP) is 0.284. The monoisotopic (exact) mass is 332 g/mol. The molecule has 1 unspecified atom stereocenters. The molecule has 0 spiro atoms. The van der Waals surface area contributed by atoms with Gasteiger partial charge < -0.3 is 9.42 Å². The van der Waals surface area contributed by atoms with E-state index in [9.17, 15) is 9.59 Å². The molecule has 0 N–H and O–H groups in total. The molecule has 24 heavy (non-hydrogen) atoms. The number of rotatable bonds is 3. The first kappa shape index (κ1) is 15.1. The van der Waals surface area contributed by atoms with Crippen molar-refractivity contribution in [2.75, 3.05) is 13.1 Å². The summed E-state index contributed by atoms with van der Waals surface area (Å²) in [6.07, 6.45) is 4.34. The van der Waals surface area contributed by atoms with Crippen LogP contribution in [-0.4, -0.2) is 48.4 Å². The Bertz CT molecular complexity index is 814. The van der Waals surface area contributed by atoms with Crippen LogP contribution >= 0.6 is 0 Å². The van der Waals surface area contributed by atoms with Gasteiger partial charge in [0.15, 0.2) is 5.82 Å². The molecule has 0 aliphatic carbocycles.